The topological polar surface area (TPSA) is 79.9 Å². The molecular weight excluding hydrogens is 412 g/mol. The number of hydrogen-bond donors (Lipinski definition) is 1. The van der Waals surface area contributed by atoms with Crippen LogP contribution >= 0.6 is 0 Å². The van der Waals surface area contributed by atoms with Crippen LogP contribution in [0.3, 0.4) is 0 Å². The van der Waals surface area contributed by atoms with Crippen molar-refractivity contribution in [1.82, 2.24) is 9.78 Å². The molecular formula is C27H24N4O2. The summed E-state index contributed by atoms with van der Waals surface area (Å²) < 4.78 is 7.78. The number of carbonyl (C=O) groups excluding carboxylic acids is 1. The molecule has 1 heterocycles. The van der Waals surface area contributed by atoms with Gasteiger partial charge in [0.2, 0.25) is 0 Å². The van der Waals surface area contributed by atoms with Crippen molar-refractivity contribution in [1.29, 1.82) is 5.26 Å². The van der Waals surface area contributed by atoms with Gasteiger partial charge in [0.15, 0.2) is 0 Å². The zero-order valence-electron chi connectivity index (χ0n) is 18.6. The van der Waals surface area contributed by atoms with Gasteiger partial charge in [-0.2, -0.15) is 10.4 Å². The summed E-state index contributed by atoms with van der Waals surface area (Å²) in [6.07, 6.45) is 0. The third-order valence-electron chi connectivity index (χ3n) is 5.18. The predicted octanol–water partition coefficient (Wildman–Crippen LogP) is 5.25. The zero-order valence-corrected chi connectivity index (χ0v) is 18.6. The average Bonchev–Trinajstić information content (AvgIpc) is 3.14. The fourth-order valence-corrected chi connectivity index (χ4v) is 3.58. The minimum absolute atomic E-state index is 0.191. The van der Waals surface area contributed by atoms with Gasteiger partial charge in [-0.3, -0.25) is 9.48 Å². The molecule has 0 saturated carbocycles. The van der Waals surface area contributed by atoms with Crippen molar-refractivity contribution < 1.29 is 9.53 Å². The molecule has 4 aromatic rings. The van der Waals surface area contributed by atoms with Gasteiger partial charge in [-0.15, -0.1) is 0 Å². The van der Waals surface area contributed by atoms with Crippen molar-refractivity contribution in [3.05, 3.63) is 113 Å². The van der Waals surface area contributed by atoms with Gasteiger partial charge in [0.05, 0.1) is 23.9 Å². The highest BCUT2D eigenvalue weighted by Crippen LogP contribution is 2.20. The highest BCUT2D eigenvalue weighted by molar-refractivity contribution is 6.04. The first kappa shape index (κ1) is 21.8. The summed E-state index contributed by atoms with van der Waals surface area (Å²) in [7, 11) is 0. The number of benzene rings is 3. The van der Waals surface area contributed by atoms with Gasteiger partial charge in [0.1, 0.15) is 12.4 Å². The summed E-state index contributed by atoms with van der Waals surface area (Å²) in [6.45, 7) is 4.93. The minimum atomic E-state index is -0.191. The lowest BCUT2D eigenvalue weighted by Gasteiger charge is -2.11. The Morgan fingerprint density at radius 3 is 2.58 bits per heavy atom. The van der Waals surface area contributed by atoms with E-state index in [9.17, 15) is 4.79 Å². The lowest BCUT2D eigenvalue weighted by Crippen LogP contribution is -2.13. The van der Waals surface area contributed by atoms with Gasteiger partial charge in [0, 0.05) is 23.0 Å². The highest BCUT2D eigenvalue weighted by Gasteiger charge is 2.09. The van der Waals surface area contributed by atoms with E-state index < -0.39 is 0 Å². The van der Waals surface area contributed by atoms with E-state index in [1.165, 1.54) is 0 Å². The van der Waals surface area contributed by atoms with Crippen molar-refractivity contribution in [2.75, 3.05) is 5.32 Å². The molecule has 0 fully saturated rings. The van der Waals surface area contributed by atoms with Crippen molar-refractivity contribution in [3.63, 3.8) is 0 Å². The number of nitriles is 1. The Morgan fingerprint density at radius 2 is 1.79 bits per heavy atom. The molecule has 0 saturated heterocycles. The van der Waals surface area contributed by atoms with Crippen LogP contribution in [-0.2, 0) is 13.2 Å². The molecule has 0 aliphatic carbocycles. The van der Waals surface area contributed by atoms with Crippen molar-refractivity contribution >= 4 is 11.6 Å². The molecule has 1 aromatic heterocycles. The summed E-state index contributed by atoms with van der Waals surface area (Å²) >= 11 is 0. The highest BCUT2D eigenvalue weighted by atomic mass is 16.5. The second kappa shape index (κ2) is 9.84. The lowest BCUT2D eigenvalue weighted by molar-refractivity contribution is 0.102. The molecule has 6 nitrogen and oxygen atoms in total. The molecule has 6 heteroatoms. The molecule has 164 valence electrons. The maximum atomic E-state index is 12.8. The van der Waals surface area contributed by atoms with E-state index in [2.05, 4.69) is 16.5 Å². The lowest BCUT2D eigenvalue weighted by atomic mass is 10.1. The van der Waals surface area contributed by atoms with Gasteiger partial charge in [-0.05, 0) is 67.4 Å². The molecule has 1 N–H and O–H groups in total. The zero-order chi connectivity index (χ0) is 23.2. The summed E-state index contributed by atoms with van der Waals surface area (Å²) in [6, 6.07) is 26.3. The van der Waals surface area contributed by atoms with E-state index in [0.29, 0.717) is 35.7 Å². The number of hydrogen-bond acceptors (Lipinski definition) is 4. The fourth-order valence-electron chi connectivity index (χ4n) is 3.58. The predicted molar refractivity (Wildman–Crippen MR) is 127 cm³/mol. The van der Waals surface area contributed by atoms with Crippen LogP contribution in [0.5, 0.6) is 5.75 Å². The first-order valence-corrected chi connectivity index (χ1v) is 10.6. The van der Waals surface area contributed by atoms with Crippen molar-refractivity contribution in [2.45, 2.75) is 27.0 Å². The maximum absolute atomic E-state index is 12.8. The Morgan fingerprint density at radius 1 is 1.00 bits per heavy atom. The van der Waals surface area contributed by atoms with E-state index in [0.717, 1.165) is 22.5 Å². The van der Waals surface area contributed by atoms with Crippen LogP contribution < -0.4 is 10.1 Å². The van der Waals surface area contributed by atoms with Crippen LogP contribution in [0.15, 0.2) is 78.9 Å². The Kier molecular flexibility index (Phi) is 6.51. The Hall–Kier alpha value is -4.37. The summed E-state index contributed by atoms with van der Waals surface area (Å²) in [5.74, 6) is 0.442. The first-order chi connectivity index (χ1) is 16.0. The van der Waals surface area contributed by atoms with Gasteiger partial charge < -0.3 is 10.1 Å². The molecule has 0 aliphatic heterocycles. The number of amides is 1. The molecule has 33 heavy (non-hydrogen) atoms. The van der Waals surface area contributed by atoms with Crippen LogP contribution in [0, 0.1) is 25.2 Å². The standard InChI is InChI=1S/C27H24N4O2/c1-19-12-20(2)31(30-19)17-22-7-4-9-24(14-22)27(32)29-25-10-5-11-26(15-25)33-18-23-8-3-6-21(13-23)16-28/h3-15H,17-18H2,1-2H3,(H,29,32). The quantitative estimate of drug-likeness (QED) is 0.429. The summed E-state index contributed by atoms with van der Waals surface area (Å²) in [5, 5.41) is 16.5. The molecule has 0 aliphatic rings. The van der Waals surface area contributed by atoms with E-state index >= 15 is 0 Å². The van der Waals surface area contributed by atoms with Gasteiger partial charge in [-0.1, -0.05) is 30.3 Å². The SMILES string of the molecule is Cc1cc(C)n(Cc2cccc(C(=O)Nc3cccc(OCc4cccc(C#N)c4)c3)c2)n1. The molecule has 0 atom stereocenters. The second-order valence-corrected chi connectivity index (χ2v) is 7.87. The number of nitrogens with one attached hydrogen (secondary N) is 1. The minimum Gasteiger partial charge on any atom is -0.489 e. The van der Waals surface area contributed by atoms with Crippen molar-refractivity contribution in [2.24, 2.45) is 0 Å². The molecule has 0 unspecified atom stereocenters. The Balaban J connectivity index is 1.41. The Bertz CT molecular complexity index is 1330. The van der Waals surface area contributed by atoms with Crippen molar-refractivity contribution in [3.8, 4) is 11.8 Å². The number of rotatable bonds is 7. The molecule has 4 rings (SSSR count). The normalized spacial score (nSPS) is 10.5. The number of anilines is 1. The molecule has 3 aromatic carbocycles. The summed E-state index contributed by atoms with van der Waals surface area (Å²) in [5.41, 5.74) is 5.78. The first-order valence-electron chi connectivity index (χ1n) is 10.6. The second-order valence-electron chi connectivity index (χ2n) is 7.87. The molecule has 0 bridgehead atoms. The third kappa shape index (κ3) is 5.66. The van der Waals surface area contributed by atoms with E-state index in [-0.39, 0.29) is 5.91 Å². The largest absolute Gasteiger partial charge is 0.489 e. The molecule has 0 spiro atoms. The van der Waals surface area contributed by atoms with Crippen LogP contribution in [0.2, 0.25) is 0 Å². The number of aromatic nitrogens is 2. The Labute approximate surface area is 193 Å². The maximum Gasteiger partial charge on any atom is 0.255 e. The van der Waals surface area contributed by atoms with Gasteiger partial charge in [0.25, 0.3) is 5.91 Å². The number of ether oxygens (including phenoxy) is 1. The number of carbonyl (C=O) groups is 1. The van der Waals surface area contributed by atoms with Crippen LogP contribution in [-0.4, -0.2) is 15.7 Å². The monoisotopic (exact) mass is 436 g/mol. The molecule has 0 radical (unpaired) electrons. The number of nitrogens with zero attached hydrogens (tertiary/aromatic N) is 3. The molecule has 1 amide bonds. The van der Waals surface area contributed by atoms with Crippen LogP contribution in [0.1, 0.15) is 38.4 Å². The smallest absolute Gasteiger partial charge is 0.255 e. The van der Waals surface area contributed by atoms with Crippen LogP contribution in [0.4, 0.5) is 5.69 Å². The van der Waals surface area contributed by atoms with Gasteiger partial charge >= 0.3 is 0 Å². The fraction of sp³-hybridized carbons (Fsp3) is 0.148. The number of aryl methyl sites for hydroxylation is 2. The van der Waals surface area contributed by atoms with E-state index in [1.807, 2.05) is 73.1 Å². The third-order valence-corrected chi connectivity index (χ3v) is 5.18. The van der Waals surface area contributed by atoms with Crippen LogP contribution in [0.25, 0.3) is 0 Å². The van der Waals surface area contributed by atoms with E-state index in [4.69, 9.17) is 10.00 Å². The van der Waals surface area contributed by atoms with E-state index in [1.54, 1.807) is 24.3 Å². The summed E-state index contributed by atoms with van der Waals surface area (Å²) in [4.78, 5) is 12.8. The average molecular weight is 437 g/mol. The van der Waals surface area contributed by atoms with Gasteiger partial charge in [-0.25, -0.2) is 0 Å².